The fourth-order valence-electron chi connectivity index (χ4n) is 4.96. The minimum Gasteiger partial charge on any atom is -0.481 e. The Labute approximate surface area is 248 Å². The summed E-state index contributed by atoms with van der Waals surface area (Å²) in [6, 6.07) is 13.4. The van der Waals surface area contributed by atoms with Crippen molar-refractivity contribution in [3.63, 3.8) is 0 Å². The van der Waals surface area contributed by atoms with Gasteiger partial charge in [0.1, 0.15) is 12.7 Å². The van der Waals surface area contributed by atoms with Gasteiger partial charge in [-0.05, 0) is 71.9 Å². The summed E-state index contributed by atoms with van der Waals surface area (Å²) >= 11 is 0. The Balaban J connectivity index is 0.000000686. The molecule has 0 amide bonds. The second-order valence-electron chi connectivity index (χ2n) is 10.8. The van der Waals surface area contributed by atoms with Gasteiger partial charge in [-0.2, -0.15) is 0 Å². The second kappa shape index (κ2) is 16.7. The number of carbonyl (C=O) groups is 4. The third kappa shape index (κ3) is 12.4. The van der Waals surface area contributed by atoms with Crippen molar-refractivity contribution in [1.82, 2.24) is 0 Å². The molecule has 1 aliphatic heterocycles. The highest BCUT2D eigenvalue weighted by molar-refractivity contribution is 5.66. The molecule has 2 aromatic carbocycles. The Morgan fingerprint density at radius 3 is 1.95 bits per heavy atom. The van der Waals surface area contributed by atoms with Crippen LogP contribution in [0, 0.1) is 6.92 Å². The van der Waals surface area contributed by atoms with Crippen LogP contribution >= 0.6 is 0 Å². The van der Waals surface area contributed by atoms with E-state index in [4.69, 9.17) is 34.0 Å². The monoisotopic (exact) mass is 584 g/mol. The predicted octanol–water partition coefficient (Wildman–Crippen LogP) is 5.92. The number of carboxylic acids is 2. The van der Waals surface area contributed by atoms with Crippen LogP contribution < -0.4 is 0 Å². The summed E-state index contributed by atoms with van der Waals surface area (Å²) in [5.74, 6) is -1.68. The van der Waals surface area contributed by atoms with Crippen LogP contribution in [-0.4, -0.2) is 52.9 Å². The molecular weight excluding hydrogens is 540 g/mol. The lowest BCUT2D eigenvalue weighted by Gasteiger charge is -2.35. The van der Waals surface area contributed by atoms with Gasteiger partial charge in [-0.3, -0.25) is 19.2 Å². The second-order valence-corrected chi connectivity index (χ2v) is 10.8. The fourth-order valence-corrected chi connectivity index (χ4v) is 4.96. The number of aryl methyl sites for hydroxylation is 1. The lowest BCUT2D eigenvalue weighted by atomic mass is 9.88. The van der Waals surface area contributed by atoms with Crippen molar-refractivity contribution in [3.8, 4) is 0 Å². The Kier molecular flexibility index (Phi) is 13.7. The highest BCUT2D eigenvalue weighted by Gasteiger charge is 2.34. The van der Waals surface area contributed by atoms with E-state index in [0.717, 1.165) is 32.3 Å². The van der Waals surface area contributed by atoms with Crippen LogP contribution in [0.5, 0.6) is 0 Å². The van der Waals surface area contributed by atoms with Gasteiger partial charge < -0.3 is 24.4 Å². The zero-order valence-corrected chi connectivity index (χ0v) is 25.5. The number of rotatable bonds is 8. The van der Waals surface area contributed by atoms with E-state index in [1.165, 1.54) is 54.5 Å². The van der Waals surface area contributed by atoms with Crippen LogP contribution in [0.25, 0.3) is 0 Å². The molecule has 3 atom stereocenters. The van der Waals surface area contributed by atoms with Crippen molar-refractivity contribution in [3.05, 3.63) is 69.8 Å². The van der Waals surface area contributed by atoms with Crippen LogP contribution in [0.4, 0.5) is 0 Å². The molecule has 3 unspecified atom stereocenters. The average Bonchev–Trinajstić information content (AvgIpc) is 3.73. The first-order valence-electron chi connectivity index (χ1n) is 14.3. The lowest BCUT2D eigenvalue weighted by Crippen LogP contribution is -2.37. The van der Waals surface area contributed by atoms with Gasteiger partial charge in [0.2, 0.25) is 0 Å². The van der Waals surface area contributed by atoms with Gasteiger partial charge in [0, 0.05) is 40.5 Å². The zero-order chi connectivity index (χ0) is 31.4. The van der Waals surface area contributed by atoms with Crippen molar-refractivity contribution in [2.24, 2.45) is 0 Å². The van der Waals surface area contributed by atoms with Crippen molar-refractivity contribution in [1.29, 1.82) is 0 Å². The van der Waals surface area contributed by atoms with E-state index in [1.54, 1.807) is 0 Å². The fraction of sp³-hybridized carbons (Fsp3) is 0.515. The number of aliphatic carboxylic acids is 2. The normalized spacial score (nSPS) is 19.2. The lowest BCUT2D eigenvalue weighted by molar-refractivity contribution is -0.169. The first kappa shape index (κ1) is 34.5. The summed E-state index contributed by atoms with van der Waals surface area (Å²) in [6.45, 7) is 9.57. The number of hydrogen-bond acceptors (Lipinski definition) is 7. The third-order valence-electron chi connectivity index (χ3n) is 6.96. The van der Waals surface area contributed by atoms with E-state index >= 15 is 0 Å². The van der Waals surface area contributed by atoms with Gasteiger partial charge in [0.15, 0.2) is 0 Å². The SMILES string of the molecule is CC(=O)O.CC(=O)O.CCc1ccc(Cc2cc(C3CC(OC(C)=O)CC(COC(C)=O)O3)cc(C3CC3)c2C)cc1. The molecule has 9 heteroatoms. The van der Waals surface area contributed by atoms with Crippen LogP contribution in [0.15, 0.2) is 36.4 Å². The third-order valence-corrected chi connectivity index (χ3v) is 6.96. The molecule has 0 bridgehead atoms. The molecule has 1 saturated heterocycles. The Morgan fingerprint density at radius 2 is 1.45 bits per heavy atom. The molecule has 42 heavy (non-hydrogen) atoms. The molecule has 2 fully saturated rings. The molecule has 0 aromatic heterocycles. The van der Waals surface area contributed by atoms with Crippen molar-refractivity contribution < 1.29 is 43.6 Å². The minimum absolute atomic E-state index is 0.168. The molecule has 2 N–H and O–H groups in total. The number of esters is 2. The van der Waals surface area contributed by atoms with Crippen LogP contribution in [0.3, 0.4) is 0 Å². The quantitative estimate of drug-likeness (QED) is 0.362. The molecule has 0 spiro atoms. The number of carboxylic acid groups (broad SMARTS) is 2. The van der Waals surface area contributed by atoms with Crippen molar-refractivity contribution in [2.45, 2.75) is 104 Å². The molecule has 9 nitrogen and oxygen atoms in total. The highest BCUT2D eigenvalue weighted by atomic mass is 16.6. The largest absolute Gasteiger partial charge is 0.481 e. The molecule has 1 aliphatic carbocycles. The molecule has 230 valence electrons. The number of carbonyl (C=O) groups excluding carboxylic acids is 2. The van der Waals surface area contributed by atoms with E-state index in [9.17, 15) is 9.59 Å². The maximum absolute atomic E-state index is 11.7. The van der Waals surface area contributed by atoms with Crippen LogP contribution in [-0.2, 0) is 46.2 Å². The van der Waals surface area contributed by atoms with Crippen molar-refractivity contribution in [2.75, 3.05) is 6.61 Å². The predicted molar refractivity (Wildman–Crippen MR) is 157 cm³/mol. The summed E-state index contributed by atoms with van der Waals surface area (Å²) in [6.07, 6.45) is 4.73. The van der Waals surface area contributed by atoms with E-state index in [0.29, 0.717) is 18.8 Å². The Hall–Kier alpha value is -3.72. The standard InChI is InChI=1S/C29H36O5.2C2H4O2/c1-5-21-6-8-22(9-7-21)12-24-13-25(14-28(18(24)2)23-10-11-23)29-16-26(33-20(4)31)15-27(34-29)17-32-19(3)30;2*1-2(3)4/h6-9,13-14,23,26-27,29H,5,10-12,15-17H2,1-4H3;2*1H3,(H,3,4). The van der Waals surface area contributed by atoms with E-state index in [-0.39, 0.29) is 36.9 Å². The highest BCUT2D eigenvalue weighted by Crippen LogP contribution is 2.44. The topological polar surface area (TPSA) is 136 Å². The molecule has 2 aromatic rings. The van der Waals surface area contributed by atoms with Crippen LogP contribution in [0.2, 0.25) is 0 Å². The maximum atomic E-state index is 11.7. The number of ether oxygens (including phenoxy) is 3. The molecule has 0 radical (unpaired) electrons. The van der Waals surface area contributed by atoms with Gasteiger partial charge in [-0.15, -0.1) is 0 Å². The molecule has 1 heterocycles. The molecular formula is C33H44O9. The summed E-state index contributed by atoms with van der Waals surface area (Å²) in [5.41, 5.74) is 7.87. The molecule has 4 rings (SSSR count). The summed E-state index contributed by atoms with van der Waals surface area (Å²) in [7, 11) is 0. The minimum atomic E-state index is -0.833. The summed E-state index contributed by atoms with van der Waals surface area (Å²) in [5, 5.41) is 14.8. The Morgan fingerprint density at radius 1 is 0.881 bits per heavy atom. The first-order valence-corrected chi connectivity index (χ1v) is 14.3. The van der Waals surface area contributed by atoms with Gasteiger partial charge in [0.05, 0.1) is 12.2 Å². The van der Waals surface area contributed by atoms with Gasteiger partial charge in [0.25, 0.3) is 11.9 Å². The van der Waals surface area contributed by atoms with Crippen LogP contribution in [0.1, 0.15) is 106 Å². The van der Waals surface area contributed by atoms with Gasteiger partial charge in [-0.25, -0.2) is 0 Å². The summed E-state index contributed by atoms with van der Waals surface area (Å²) < 4.78 is 17.2. The zero-order valence-electron chi connectivity index (χ0n) is 25.5. The molecule has 1 saturated carbocycles. The maximum Gasteiger partial charge on any atom is 0.302 e. The Bertz CT molecular complexity index is 1190. The van der Waals surface area contributed by atoms with Gasteiger partial charge >= 0.3 is 11.9 Å². The van der Waals surface area contributed by atoms with E-state index < -0.39 is 11.9 Å². The van der Waals surface area contributed by atoms with E-state index in [1.807, 2.05) is 0 Å². The summed E-state index contributed by atoms with van der Waals surface area (Å²) in [4.78, 5) is 41.0. The molecule has 2 aliphatic rings. The number of hydrogen-bond donors (Lipinski definition) is 2. The van der Waals surface area contributed by atoms with Crippen molar-refractivity contribution >= 4 is 23.9 Å². The van der Waals surface area contributed by atoms with Gasteiger partial charge in [-0.1, -0.05) is 43.3 Å². The first-order chi connectivity index (χ1) is 19.8. The average molecular weight is 585 g/mol. The smallest absolute Gasteiger partial charge is 0.302 e. The van der Waals surface area contributed by atoms with E-state index in [2.05, 4.69) is 50.2 Å². The number of benzene rings is 2.